The number of carbonyl (C=O) groups is 1. The van der Waals surface area contributed by atoms with Gasteiger partial charge in [0.2, 0.25) is 5.78 Å². The van der Waals surface area contributed by atoms with Gasteiger partial charge in [-0.2, -0.15) is 0 Å². The number of rotatable bonds is 2. The first-order valence-electron chi connectivity index (χ1n) is 4.44. The molecule has 16 heavy (non-hydrogen) atoms. The number of carbonyl (C=O) groups excluding carboxylic acids is 1. The lowest BCUT2D eigenvalue weighted by Gasteiger charge is -2.02. The zero-order valence-corrected chi connectivity index (χ0v) is 9.53. The molecule has 2 rings (SSSR count). The molecule has 0 spiro atoms. The Hall–Kier alpha value is -1.45. The SMILES string of the molecule is O=C(c1ccncn1)c1cc(Cl)ccc1Cl. The number of nitrogens with zero attached hydrogens (tertiary/aromatic N) is 2. The molecule has 1 heterocycles. The quantitative estimate of drug-likeness (QED) is 0.772. The number of benzene rings is 1. The lowest BCUT2D eigenvalue weighted by atomic mass is 10.1. The Labute approximate surface area is 102 Å². The van der Waals surface area contributed by atoms with Gasteiger partial charge in [-0.1, -0.05) is 23.2 Å². The highest BCUT2D eigenvalue weighted by Gasteiger charge is 2.14. The van der Waals surface area contributed by atoms with Crippen molar-refractivity contribution >= 4 is 29.0 Å². The molecule has 0 atom stereocenters. The van der Waals surface area contributed by atoms with Crippen LogP contribution in [0.1, 0.15) is 16.1 Å². The van der Waals surface area contributed by atoms with Crippen LogP contribution in [-0.2, 0) is 0 Å². The molecule has 2 aromatic rings. The topological polar surface area (TPSA) is 42.9 Å². The van der Waals surface area contributed by atoms with Gasteiger partial charge in [0.15, 0.2) is 0 Å². The third-order valence-corrected chi connectivity index (χ3v) is 2.55. The van der Waals surface area contributed by atoms with E-state index in [9.17, 15) is 4.79 Å². The molecular weight excluding hydrogens is 247 g/mol. The fourth-order valence-corrected chi connectivity index (χ4v) is 1.61. The number of aromatic nitrogens is 2. The molecular formula is C11H6Cl2N2O. The van der Waals surface area contributed by atoms with E-state index in [1.165, 1.54) is 24.7 Å². The summed E-state index contributed by atoms with van der Waals surface area (Å²) in [7, 11) is 0. The van der Waals surface area contributed by atoms with Crippen LogP contribution < -0.4 is 0 Å². The molecule has 3 nitrogen and oxygen atoms in total. The summed E-state index contributed by atoms with van der Waals surface area (Å²) in [6.45, 7) is 0. The Balaban J connectivity index is 2.46. The third-order valence-electron chi connectivity index (χ3n) is 1.99. The monoisotopic (exact) mass is 252 g/mol. The second-order valence-electron chi connectivity index (χ2n) is 3.05. The van der Waals surface area contributed by atoms with Crippen LogP contribution >= 0.6 is 23.2 Å². The average molecular weight is 253 g/mol. The zero-order chi connectivity index (χ0) is 11.5. The van der Waals surface area contributed by atoms with Gasteiger partial charge in [-0.05, 0) is 24.3 Å². The van der Waals surface area contributed by atoms with E-state index in [-0.39, 0.29) is 5.78 Å². The van der Waals surface area contributed by atoms with Crippen LogP contribution in [0.15, 0.2) is 36.8 Å². The van der Waals surface area contributed by atoms with Crippen molar-refractivity contribution in [3.8, 4) is 0 Å². The van der Waals surface area contributed by atoms with Crippen molar-refractivity contribution in [3.05, 3.63) is 58.1 Å². The van der Waals surface area contributed by atoms with Gasteiger partial charge < -0.3 is 0 Å². The number of hydrogen-bond donors (Lipinski definition) is 0. The van der Waals surface area contributed by atoms with Crippen molar-refractivity contribution in [1.29, 1.82) is 0 Å². The van der Waals surface area contributed by atoms with E-state index in [0.717, 1.165) is 0 Å². The highest BCUT2D eigenvalue weighted by molar-refractivity contribution is 6.36. The van der Waals surface area contributed by atoms with Crippen molar-refractivity contribution in [1.82, 2.24) is 9.97 Å². The van der Waals surface area contributed by atoms with Crippen LogP contribution in [0.4, 0.5) is 0 Å². The Morgan fingerprint density at radius 1 is 1.19 bits per heavy atom. The number of ketones is 1. The van der Waals surface area contributed by atoms with Gasteiger partial charge in [0.1, 0.15) is 12.0 Å². The highest BCUT2D eigenvalue weighted by Crippen LogP contribution is 2.22. The molecule has 0 aliphatic rings. The maximum absolute atomic E-state index is 12.0. The summed E-state index contributed by atoms with van der Waals surface area (Å²) >= 11 is 11.7. The summed E-state index contributed by atoms with van der Waals surface area (Å²) in [6, 6.07) is 6.26. The summed E-state index contributed by atoms with van der Waals surface area (Å²) in [6.07, 6.45) is 2.81. The molecule has 0 N–H and O–H groups in total. The molecule has 0 saturated carbocycles. The first kappa shape index (κ1) is 11.0. The van der Waals surface area contributed by atoms with Gasteiger partial charge in [-0.25, -0.2) is 9.97 Å². The van der Waals surface area contributed by atoms with Crippen LogP contribution in [0.25, 0.3) is 0 Å². The molecule has 1 aromatic heterocycles. The Bertz CT molecular complexity index is 529. The van der Waals surface area contributed by atoms with Crippen molar-refractivity contribution in [2.75, 3.05) is 0 Å². The second-order valence-corrected chi connectivity index (χ2v) is 3.89. The molecule has 0 unspecified atom stereocenters. The van der Waals surface area contributed by atoms with E-state index in [2.05, 4.69) is 9.97 Å². The number of hydrogen-bond acceptors (Lipinski definition) is 3. The van der Waals surface area contributed by atoms with Crippen molar-refractivity contribution in [2.45, 2.75) is 0 Å². The zero-order valence-electron chi connectivity index (χ0n) is 8.02. The number of halogens is 2. The molecule has 80 valence electrons. The van der Waals surface area contributed by atoms with E-state index < -0.39 is 0 Å². The van der Waals surface area contributed by atoms with E-state index in [4.69, 9.17) is 23.2 Å². The fourth-order valence-electron chi connectivity index (χ4n) is 1.23. The lowest BCUT2D eigenvalue weighted by molar-refractivity contribution is 0.103. The Morgan fingerprint density at radius 3 is 2.69 bits per heavy atom. The molecule has 0 amide bonds. The van der Waals surface area contributed by atoms with Crippen LogP contribution in [0, 0.1) is 0 Å². The maximum atomic E-state index is 12.0. The minimum absolute atomic E-state index is 0.269. The van der Waals surface area contributed by atoms with Gasteiger partial charge in [-0.3, -0.25) is 4.79 Å². The lowest BCUT2D eigenvalue weighted by Crippen LogP contribution is -2.04. The second kappa shape index (κ2) is 4.60. The van der Waals surface area contributed by atoms with Crippen LogP contribution in [0.5, 0.6) is 0 Å². The molecule has 0 saturated heterocycles. The Morgan fingerprint density at radius 2 is 2.00 bits per heavy atom. The smallest absolute Gasteiger partial charge is 0.213 e. The van der Waals surface area contributed by atoms with Gasteiger partial charge in [0.25, 0.3) is 0 Å². The standard InChI is InChI=1S/C11H6Cl2N2O/c12-7-1-2-9(13)8(5-7)11(16)10-3-4-14-6-15-10/h1-6H. The molecule has 0 aliphatic heterocycles. The van der Waals surface area contributed by atoms with Gasteiger partial charge in [0.05, 0.1) is 5.02 Å². The molecule has 1 aromatic carbocycles. The summed E-state index contributed by atoms with van der Waals surface area (Å²) in [5.74, 6) is -0.269. The van der Waals surface area contributed by atoms with Crippen molar-refractivity contribution in [2.24, 2.45) is 0 Å². The first-order valence-corrected chi connectivity index (χ1v) is 5.20. The van der Waals surface area contributed by atoms with Gasteiger partial charge >= 0.3 is 0 Å². The van der Waals surface area contributed by atoms with Crippen molar-refractivity contribution < 1.29 is 4.79 Å². The third kappa shape index (κ3) is 2.21. The summed E-state index contributed by atoms with van der Waals surface area (Å²) < 4.78 is 0. The predicted octanol–water partition coefficient (Wildman–Crippen LogP) is 3.01. The summed E-state index contributed by atoms with van der Waals surface area (Å²) in [5, 5.41) is 0.815. The first-order chi connectivity index (χ1) is 7.68. The van der Waals surface area contributed by atoms with Crippen LogP contribution in [0.2, 0.25) is 10.0 Å². The summed E-state index contributed by atoms with van der Waals surface area (Å²) in [5.41, 5.74) is 0.632. The van der Waals surface area contributed by atoms with E-state index >= 15 is 0 Å². The molecule has 5 heteroatoms. The molecule has 0 aliphatic carbocycles. The highest BCUT2D eigenvalue weighted by atomic mass is 35.5. The summed E-state index contributed by atoms with van der Waals surface area (Å²) in [4.78, 5) is 19.6. The van der Waals surface area contributed by atoms with Gasteiger partial charge in [0, 0.05) is 16.8 Å². The molecule has 0 fully saturated rings. The minimum atomic E-state index is -0.269. The van der Waals surface area contributed by atoms with Gasteiger partial charge in [-0.15, -0.1) is 0 Å². The predicted molar refractivity (Wildman–Crippen MR) is 61.9 cm³/mol. The molecule has 0 bridgehead atoms. The van der Waals surface area contributed by atoms with Crippen LogP contribution in [-0.4, -0.2) is 15.8 Å². The largest absolute Gasteiger partial charge is 0.287 e. The normalized spacial score (nSPS) is 10.1. The fraction of sp³-hybridized carbons (Fsp3) is 0. The van der Waals surface area contributed by atoms with E-state index in [1.54, 1.807) is 12.1 Å². The van der Waals surface area contributed by atoms with Crippen LogP contribution in [0.3, 0.4) is 0 Å². The van der Waals surface area contributed by atoms with E-state index in [0.29, 0.717) is 21.3 Å². The maximum Gasteiger partial charge on any atom is 0.213 e. The Kier molecular flexibility index (Phi) is 3.17. The average Bonchev–Trinajstić information content (AvgIpc) is 2.32. The molecule has 0 radical (unpaired) electrons. The van der Waals surface area contributed by atoms with Crippen molar-refractivity contribution in [3.63, 3.8) is 0 Å². The van der Waals surface area contributed by atoms with E-state index in [1.807, 2.05) is 0 Å². The minimum Gasteiger partial charge on any atom is -0.287 e.